The molecule has 2 rings (SSSR count). The quantitative estimate of drug-likeness (QED) is 0.783. The SMILES string of the molecule is CC=Cc1cccc2c1OC(CC)C(=O)N2C. The van der Waals surface area contributed by atoms with Crippen molar-refractivity contribution in [3.05, 3.63) is 29.8 Å². The summed E-state index contributed by atoms with van der Waals surface area (Å²) < 4.78 is 5.80. The van der Waals surface area contributed by atoms with Crippen LogP contribution in [0.4, 0.5) is 5.69 Å². The fourth-order valence-electron chi connectivity index (χ4n) is 2.03. The zero-order valence-electron chi connectivity index (χ0n) is 10.4. The number of carbonyl (C=O) groups is 1. The van der Waals surface area contributed by atoms with Crippen LogP contribution in [0.5, 0.6) is 5.75 Å². The highest BCUT2D eigenvalue weighted by atomic mass is 16.5. The van der Waals surface area contributed by atoms with Crippen LogP contribution in [0.2, 0.25) is 0 Å². The van der Waals surface area contributed by atoms with E-state index in [1.165, 1.54) is 0 Å². The molecule has 0 N–H and O–H groups in total. The Labute approximate surface area is 102 Å². The summed E-state index contributed by atoms with van der Waals surface area (Å²) in [6.45, 7) is 3.92. The first-order valence-corrected chi connectivity index (χ1v) is 5.89. The van der Waals surface area contributed by atoms with Crippen LogP contribution in [-0.4, -0.2) is 19.1 Å². The molecule has 1 aromatic carbocycles. The molecule has 0 saturated carbocycles. The summed E-state index contributed by atoms with van der Waals surface area (Å²) >= 11 is 0. The lowest BCUT2D eigenvalue weighted by atomic mass is 10.1. The number of rotatable bonds is 2. The van der Waals surface area contributed by atoms with E-state index in [2.05, 4.69) is 0 Å². The van der Waals surface area contributed by atoms with Crippen molar-refractivity contribution in [1.82, 2.24) is 0 Å². The van der Waals surface area contributed by atoms with Gasteiger partial charge in [0, 0.05) is 12.6 Å². The van der Waals surface area contributed by atoms with E-state index in [1.807, 2.05) is 44.2 Å². The smallest absolute Gasteiger partial charge is 0.267 e. The van der Waals surface area contributed by atoms with Gasteiger partial charge in [-0.1, -0.05) is 31.2 Å². The van der Waals surface area contributed by atoms with Crippen LogP contribution < -0.4 is 9.64 Å². The molecule has 1 atom stereocenters. The molecule has 17 heavy (non-hydrogen) atoms. The van der Waals surface area contributed by atoms with Crippen molar-refractivity contribution in [2.75, 3.05) is 11.9 Å². The minimum Gasteiger partial charge on any atom is -0.478 e. The largest absolute Gasteiger partial charge is 0.478 e. The predicted molar refractivity (Wildman–Crippen MR) is 69.3 cm³/mol. The summed E-state index contributed by atoms with van der Waals surface area (Å²) in [5, 5.41) is 0. The monoisotopic (exact) mass is 231 g/mol. The van der Waals surface area contributed by atoms with Crippen molar-refractivity contribution in [3.8, 4) is 5.75 Å². The summed E-state index contributed by atoms with van der Waals surface area (Å²) in [5.74, 6) is 0.831. The number of benzene rings is 1. The minimum atomic E-state index is -0.362. The standard InChI is InChI=1S/C14H17NO2/c1-4-7-10-8-6-9-11-13(10)17-12(5-2)14(16)15(11)3/h4,6-9,12H,5H2,1-3H3. The van der Waals surface area contributed by atoms with E-state index in [0.29, 0.717) is 6.42 Å². The Kier molecular flexibility index (Phi) is 3.18. The second-order valence-corrected chi connectivity index (χ2v) is 4.11. The first-order valence-electron chi connectivity index (χ1n) is 5.89. The maximum Gasteiger partial charge on any atom is 0.267 e. The third-order valence-corrected chi connectivity index (χ3v) is 2.97. The predicted octanol–water partition coefficient (Wildman–Crippen LogP) is 2.85. The molecule has 1 aromatic rings. The molecule has 1 unspecified atom stereocenters. The van der Waals surface area contributed by atoms with Gasteiger partial charge >= 0.3 is 0 Å². The molecule has 3 heteroatoms. The van der Waals surface area contributed by atoms with Crippen LogP contribution in [0.3, 0.4) is 0 Å². The molecule has 0 saturated heterocycles. The number of nitrogens with zero attached hydrogens (tertiary/aromatic N) is 1. The van der Waals surface area contributed by atoms with Crippen LogP contribution >= 0.6 is 0 Å². The Hall–Kier alpha value is -1.77. The summed E-state index contributed by atoms with van der Waals surface area (Å²) in [4.78, 5) is 13.7. The zero-order valence-corrected chi connectivity index (χ0v) is 10.4. The van der Waals surface area contributed by atoms with Crippen molar-refractivity contribution >= 4 is 17.7 Å². The molecule has 1 aliphatic rings. The average Bonchev–Trinajstić information content (AvgIpc) is 2.34. The van der Waals surface area contributed by atoms with Crippen LogP contribution in [0.25, 0.3) is 6.08 Å². The van der Waals surface area contributed by atoms with Crippen LogP contribution in [0.1, 0.15) is 25.8 Å². The first kappa shape index (κ1) is 11.7. The van der Waals surface area contributed by atoms with Crippen LogP contribution in [-0.2, 0) is 4.79 Å². The average molecular weight is 231 g/mol. The fourth-order valence-corrected chi connectivity index (χ4v) is 2.03. The van der Waals surface area contributed by atoms with Gasteiger partial charge in [-0.25, -0.2) is 0 Å². The van der Waals surface area contributed by atoms with Crippen LogP contribution in [0, 0.1) is 0 Å². The van der Waals surface area contributed by atoms with Crippen LogP contribution in [0.15, 0.2) is 24.3 Å². The van der Waals surface area contributed by atoms with E-state index in [-0.39, 0.29) is 12.0 Å². The minimum absolute atomic E-state index is 0.0256. The summed E-state index contributed by atoms with van der Waals surface area (Å²) in [7, 11) is 1.80. The Morgan fingerprint density at radius 1 is 1.47 bits per heavy atom. The van der Waals surface area contributed by atoms with E-state index in [1.54, 1.807) is 11.9 Å². The topological polar surface area (TPSA) is 29.5 Å². The summed E-state index contributed by atoms with van der Waals surface area (Å²) in [6, 6.07) is 5.84. The zero-order chi connectivity index (χ0) is 12.4. The van der Waals surface area contributed by atoms with Crippen molar-refractivity contribution in [1.29, 1.82) is 0 Å². The van der Waals surface area contributed by atoms with Crippen molar-refractivity contribution < 1.29 is 9.53 Å². The molecule has 0 aliphatic carbocycles. The van der Waals surface area contributed by atoms with E-state index in [9.17, 15) is 4.79 Å². The van der Waals surface area contributed by atoms with E-state index in [0.717, 1.165) is 17.0 Å². The van der Waals surface area contributed by atoms with Gasteiger partial charge in [0.2, 0.25) is 0 Å². The van der Waals surface area contributed by atoms with Gasteiger partial charge in [0.05, 0.1) is 5.69 Å². The van der Waals surface area contributed by atoms with Gasteiger partial charge in [0.1, 0.15) is 0 Å². The van der Waals surface area contributed by atoms with Gasteiger partial charge in [-0.05, 0) is 19.4 Å². The molecule has 3 nitrogen and oxygen atoms in total. The summed E-state index contributed by atoms with van der Waals surface area (Å²) in [6.07, 6.45) is 4.29. The number of hydrogen-bond acceptors (Lipinski definition) is 2. The Balaban J connectivity index is 2.52. The van der Waals surface area contributed by atoms with E-state index in [4.69, 9.17) is 4.74 Å². The molecule has 1 amide bonds. The number of hydrogen-bond donors (Lipinski definition) is 0. The molecule has 1 heterocycles. The van der Waals surface area contributed by atoms with Gasteiger partial charge in [-0.15, -0.1) is 0 Å². The summed E-state index contributed by atoms with van der Waals surface area (Å²) in [5.41, 5.74) is 1.86. The molecule has 0 fully saturated rings. The number of anilines is 1. The Bertz CT molecular complexity index is 465. The van der Waals surface area contributed by atoms with Gasteiger partial charge in [0.15, 0.2) is 11.9 Å². The van der Waals surface area contributed by atoms with Gasteiger partial charge in [-0.3, -0.25) is 4.79 Å². The highest BCUT2D eigenvalue weighted by Gasteiger charge is 2.31. The highest BCUT2D eigenvalue weighted by Crippen LogP contribution is 2.37. The maximum atomic E-state index is 12.0. The Morgan fingerprint density at radius 2 is 2.24 bits per heavy atom. The lowest BCUT2D eigenvalue weighted by molar-refractivity contribution is -0.126. The number of fused-ring (bicyclic) bond motifs is 1. The molecule has 90 valence electrons. The van der Waals surface area contributed by atoms with Crippen molar-refractivity contribution in [3.63, 3.8) is 0 Å². The van der Waals surface area contributed by atoms with Gasteiger partial charge in [-0.2, -0.15) is 0 Å². The number of allylic oxidation sites excluding steroid dienone is 1. The number of ether oxygens (including phenoxy) is 1. The maximum absolute atomic E-state index is 12.0. The second-order valence-electron chi connectivity index (χ2n) is 4.11. The molecular weight excluding hydrogens is 214 g/mol. The molecule has 0 radical (unpaired) electrons. The Morgan fingerprint density at radius 3 is 2.88 bits per heavy atom. The van der Waals surface area contributed by atoms with Crippen molar-refractivity contribution in [2.45, 2.75) is 26.4 Å². The number of amides is 1. The normalized spacial score (nSPS) is 19.4. The molecule has 0 aromatic heterocycles. The third-order valence-electron chi connectivity index (χ3n) is 2.97. The second kappa shape index (κ2) is 4.62. The number of para-hydroxylation sites is 1. The van der Waals surface area contributed by atoms with Gasteiger partial charge in [0.25, 0.3) is 5.91 Å². The van der Waals surface area contributed by atoms with E-state index < -0.39 is 0 Å². The number of likely N-dealkylation sites (N-methyl/N-ethyl adjacent to an activating group) is 1. The third kappa shape index (κ3) is 1.93. The lowest BCUT2D eigenvalue weighted by Crippen LogP contribution is -2.43. The molecule has 1 aliphatic heterocycles. The molecule has 0 spiro atoms. The highest BCUT2D eigenvalue weighted by molar-refractivity contribution is 6.00. The lowest BCUT2D eigenvalue weighted by Gasteiger charge is -2.32. The molecular formula is C14H17NO2. The molecule has 0 bridgehead atoms. The first-order chi connectivity index (χ1) is 8.19. The van der Waals surface area contributed by atoms with Crippen molar-refractivity contribution in [2.24, 2.45) is 0 Å². The number of carbonyl (C=O) groups excluding carboxylic acids is 1. The van der Waals surface area contributed by atoms with E-state index >= 15 is 0 Å². The fraction of sp³-hybridized carbons (Fsp3) is 0.357. The van der Waals surface area contributed by atoms with Gasteiger partial charge < -0.3 is 9.64 Å².